The van der Waals surface area contributed by atoms with Crippen LogP contribution in [0.5, 0.6) is 0 Å². The second-order valence-electron chi connectivity index (χ2n) is 4.96. The van der Waals surface area contributed by atoms with Crippen LogP contribution in [0, 0.1) is 6.92 Å². The van der Waals surface area contributed by atoms with Crippen LogP contribution in [0.25, 0.3) is 10.9 Å². The molecule has 100 valence electrons. The first-order valence-corrected chi connectivity index (χ1v) is 6.50. The number of carbonyl (C=O) groups excluding carboxylic acids is 1. The van der Waals surface area contributed by atoms with Crippen molar-refractivity contribution in [3.05, 3.63) is 59.5 Å². The summed E-state index contributed by atoms with van der Waals surface area (Å²) in [6.45, 7) is 2.00. The third kappa shape index (κ3) is 2.32. The third-order valence-electron chi connectivity index (χ3n) is 3.33. The average molecular weight is 265 g/mol. The first-order chi connectivity index (χ1) is 9.63. The van der Waals surface area contributed by atoms with Gasteiger partial charge in [-0.3, -0.25) is 9.48 Å². The van der Waals surface area contributed by atoms with Crippen LogP contribution < -0.4 is 0 Å². The lowest BCUT2D eigenvalue weighted by Crippen LogP contribution is -2.06. The number of hydrogen-bond acceptors (Lipinski definition) is 3. The number of pyridine rings is 1. The molecule has 1 aromatic carbocycles. The molecule has 2 heterocycles. The summed E-state index contributed by atoms with van der Waals surface area (Å²) < 4.78 is 1.70. The predicted octanol–water partition coefficient (Wildman–Crippen LogP) is 2.70. The van der Waals surface area contributed by atoms with Gasteiger partial charge in [-0.2, -0.15) is 5.10 Å². The molecular formula is C16H15N3O. The molecule has 0 amide bonds. The van der Waals surface area contributed by atoms with E-state index in [9.17, 15) is 4.79 Å². The quantitative estimate of drug-likeness (QED) is 0.684. The lowest BCUT2D eigenvalue weighted by atomic mass is 10.1. The monoisotopic (exact) mass is 265 g/mol. The van der Waals surface area contributed by atoms with Gasteiger partial charge in [0.1, 0.15) is 5.69 Å². The predicted molar refractivity (Wildman–Crippen MR) is 77.7 cm³/mol. The standard InChI is InChI=1S/C16H15N3O/c1-11-7-15(18-14-6-4-3-5-13(11)14)16(20)8-12-9-17-19(2)10-12/h3-7,9-10H,8H2,1-2H3. The van der Waals surface area contributed by atoms with Gasteiger partial charge < -0.3 is 0 Å². The van der Waals surface area contributed by atoms with E-state index in [1.165, 1.54) is 0 Å². The molecule has 0 unspecified atom stereocenters. The first-order valence-electron chi connectivity index (χ1n) is 6.50. The van der Waals surface area contributed by atoms with Crippen molar-refractivity contribution in [3.8, 4) is 0 Å². The van der Waals surface area contributed by atoms with Crippen molar-refractivity contribution in [2.45, 2.75) is 13.3 Å². The number of fused-ring (bicyclic) bond motifs is 1. The number of para-hydroxylation sites is 1. The van der Waals surface area contributed by atoms with Crippen LogP contribution in [-0.2, 0) is 13.5 Å². The Kier molecular flexibility index (Phi) is 3.06. The molecule has 0 bridgehead atoms. The summed E-state index contributed by atoms with van der Waals surface area (Å²) >= 11 is 0. The van der Waals surface area contributed by atoms with E-state index < -0.39 is 0 Å². The molecule has 0 aliphatic rings. The van der Waals surface area contributed by atoms with Gasteiger partial charge in [-0.25, -0.2) is 4.98 Å². The van der Waals surface area contributed by atoms with Crippen LogP contribution in [0.4, 0.5) is 0 Å². The zero-order chi connectivity index (χ0) is 14.1. The molecule has 0 saturated carbocycles. The van der Waals surface area contributed by atoms with E-state index in [1.54, 1.807) is 10.9 Å². The number of hydrogen-bond donors (Lipinski definition) is 0. The first kappa shape index (κ1) is 12.5. The van der Waals surface area contributed by atoms with Crippen LogP contribution in [-0.4, -0.2) is 20.5 Å². The summed E-state index contributed by atoms with van der Waals surface area (Å²) in [5.74, 6) is 0.0202. The van der Waals surface area contributed by atoms with Crippen molar-refractivity contribution >= 4 is 16.7 Å². The van der Waals surface area contributed by atoms with E-state index in [-0.39, 0.29) is 5.78 Å². The summed E-state index contributed by atoms with van der Waals surface area (Å²) in [6, 6.07) is 9.73. The molecule has 4 nitrogen and oxygen atoms in total. The third-order valence-corrected chi connectivity index (χ3v) is 3.33. The number of rotatable bonds is 3. The van der Waals surface area contributed by atoms with Crippen LogP contribution >= 0.6 is 0 Å². The molecule has 0 radical (unpaired) electrons. The Morgan fingerprint density at radius 2 is 2.10 bits per heavy atom. The van der Waals surface area contributed by atoms with E-state index in [1.807, 2.05) is 50.5 Å². The molecular weight excluding hydrogens is 250 g/mol. The van der Waals surface area contributed by atoms with Crippen LogP contribution in [0.3, 0.4) is 0 Å². The summed E-state index contributed by atoms with van der Waals surface area (Å²) in [4.78, 5) is 16.8. The van der Waals surface area contributed by atoms with Crippen molar-refractivity contribution in [1.29, 1.82) is 0 Å². The maximum Gasteiger partial charge on any atom is 0.185 e. The number of aromatic nitrogens is 3. The highest BCUT2D eigenvalue weighted by Crippen LogP contribution is 2.18. The van der Waals surface area contributed by atoms with Gasteiger partial charge in [0.15, 0.2) is 5.78 Å². The molecule has 0 aliphatic carbocycles. The summed E-state index contributed by atoms with van der Waals surface area (Å²) in [5, 5.41) is 5.16. The summed E-state index contributed by atoms with van der Waals surface area (Å²) in [7, 11) is 1.84. The van der Waals surface area contributed by atoms with E-state index >= 15 is 0 Å². The zero-order valence-electron chi connectivity index (χ0n) is 11.5. The van der Waals surface area contributed by atoms with E-state index in [0.29, 0.717) is 12.1 Å². The fraction of sp³-hybridized carbons (Fsp3) is 0.188. The minimum atomic E-state index is 0.0202. The minimum absolute atomic E-state index is 0.0202. The molecule has 4 heteroatoms. The van der Waals surface area contributed by atoms with E-state index in [4.69, 9.17) is 0 Å². The highest BCUT2D eigenvalue weighted by molar-refractivity contribution is 5.98. The normalized spacial score (nSPS) is 10.9. The maximum atomic E-state index is 12.3. The number of carbonyl (C=O) groups is 1. The maximum absolute atomic E-state index is 12.3. The Bertz CT molecular complexity index is 789. The second-order valence-corrected chi connectivity index (χ2v) is 4.96. The Morgan fingerprint density at radius 3 is 2.85 bits per heavy atom. The molecule has 3 aromatic rings. The van der Waals surface area contributed by atoms with Crippen LogP contribution in [0.2, 0.25) is 0 Å². The van der Waals surface area contributed by atoms with Gasteiger partial charge in [-0.1, -0.05) is 18.2 Å². The molecule has 2 aromatic heterocycles. The van der Waals surface area contributed by atoms with Gasteiger partial charge in [0.2, 0.25) is 0 Å². The van der Waals surface area contributed by atoms with Gasteiger partial charge in [-0.05, 0) is 30.2 Å². The van der Waals surface area contributed by atoms with Gasteiger partial charge >= 0.3 is 0 Å². The number of nitrogens with zero attached hydrogens (tertiary/aromatic N) is 3. The average Bonchev–Trinajstić information content (AvgIpc) is 2.84. The zero-order valence-corrected chi connectivity index (χ0v) is 11.5. The van der Waals surface area contributed by atoms with Crippen molar-refractivity contribution in [2.24, 2.45) is 7.05 Å². The van der Waals surface area contributed by atoms with Crippen LogP contribution in [0.15, 0.2) is 42.7 Å². The van der Waals surface area contributed by atoms with Gasteiger partial charge in [0.05, 0.1) is 11.7 Å². The van der Waals surface area contributed by atoms with Crippen LogP contribution in [0.1, 0.15) is 21.6 Å². The Balaban J connectivity index is 1.95. The summed E-state index contributed by atoms with van der Waals surface area (Å²) in [5.41, 5.74) is 3.36. The number of benzene rings is 1. The molecule has 20 heavy (non-hydrogen) atoms. The minimum Gasteiger partial charge on any atom is -0.292 e. The van der Waals surface area contributed by atoms with E-state index in [0.717, 1.165) is 22.0 Å². The molecule has 0 aliphatic heterocycles. The molecule has 3 rings (SSSR count). The van der Waals surface area contributed by atoms with Crippen molar-refractivity contribution in [2.75, 3.05) is 0 Å². The number of ketones is 1. The Labute approximate surface area is 117 Å². The fourth-order valence-electron chi connectivity index (χ4n) is 2.33. The largest absolute Gasteiger partial charge is 0.292 e. The summed E-state index contributed by atoms with van der Waals surface area (Å²) in [6.07, 6.45) is 3.90. The Hall–Kier alpha value is -2.49. The Morgan fingerprint density at radius 1 is 1.30 bits per heavy atom. The topological polar surface area (TPSA) is 47.8 Å². The van der Waals surface area contributed by atoms with Gasteiger partial charge in [-0.15, -0.1) is 0 Å². The molecule has 0 N–H and O–H groups in total. The van der Waals surface area contributed by atoms with Crippen molar-refractivity contribution in [3.63, 3.8) is 0 Å². The van der Waals surface area contributed by atoms with Crippen molar-refractivity contribution in [1.82, 2.24) is 14.8 Å². The van der Waals surface area contributed by atoms with Crippen molar-refractivity contribution < 1.29 is 4.79 Å². The molecule has 0 saturated heterocycles. The molecule has 0 atom stereocenters. The lowest BCUT2D eigenvalue weighted by Gasteiger charge is -2.05. The SMILES string of the molecule is Cc1cc(C(=O)Cc2cnn(C)c2)nc2ccccc12. The molecule has 0 spiro atoms. The molecule has 0 fully saturated rings. The highest BCUT2D eigenvalue weighted by atomic mass is 16.1. The van der Waals surface area contributed by atoms with Gasteiger partial charge in [0, 0.05) is 25.1 Å². The highest BCUT2D eigenvalue weighted by Gasteiger charge is 2.12. The smallest absolute Gasteiger partial charge is 0.185 e. The van der Waals surface area contributed by atoms with E-state index in [2.05, 4.69) is 10.1 Å². The fourth-order valence-corrected chi connectivity index (χ4v) is 2.33. The lowest BCUT2D eigenvalue weighted by molar-refractivity contribution is 0.0988. The van der Waals surface area contributed by atoms with Gasteiger partial charge in [0.25, 0.3) is 0 Å². The number of Topliss-reactive ketones (excluding diaryl/α,β-unsaturated/α-hetero) is 1. The number of aryl methyl sites for hydroxylation is 2. The second kappa shape index (κ2) is 4.89.